The molecule has 2 N–H and O–H groups in total. The van der Waals surface area contributed by atoms with Gasteiger partial charge in [0.1, 0.15) is 11.8 Å². The van der Waals surface area contributed by atoms with E-state index in [1.54, 1.807) is 36.4 Å². The number of rotatable bonds is 6. The lowest BCUT2D eigenvalue weighted by atomic mass is 9.78. The zero-order valence-electron chi connectivity index (χ0n) is 15.4. The molecule has 0 aliphatic carbocycles. The summed E-state index contributed by atoms with van der Waals surface area (Å²) in [7, 11) is 0. The van der Waals surface area contributed by atoms with Crippen LogP contribution in [0, 0.1) is 55.9 Å². The molecule has 2 atom stereocenters. The molecule has 2 aromatic rings. The summed E-state index contributed by atoms with van der Waals surface area (Å²) in [6, 6.07) is 18.1. The average molecular weight is 402 g/mol. The van der Waals surface area contributed by atoms with E-state index in [0.29, 0.717) is 0 Å². The Kier molecular flexibility index (Phi) is 7.17. The molecule has 0 aliphatic heterocycles. The molecule has 0 spiro atoms. The summed E-state index contributed by atoms with van der Waals surface area (Å²) in [5.41, 5.74) is 4.57. The van der Waals surface area contributed by atoms with Crippen LogP contribution in [0.3, 0.4) is 0 Å². The van der Waals surface area contributed by atoms with Crippen LogP contribution in [0.1, 0.15) is 21.8 Å². The van der Waals surface area contributed by atoms with Gasteiger partial charge in [0.15, 0.2) is 0 Å². The molecule has 0 saturated heterocycles. The second kappa shape index (κ2) is 9.98. The largest absolute Gasteiger partial charge is 0.272 e. The molecule has 0 fully saturated rings. The van der Waals surface area contributed by atoms with Crippen LogP contribution >= 0.6 is 0 Å². The number of carbonyl (C=O) groups is 2. The van der Waals surface area contributed by atoms with Gasteiger partial charge in [0.25, 0.3) is 17.5 Å². The van der Waals surface area contributed by atoms with Crippen molar-refractivity contribution in [3.05, 3.63) is 75.8 Å². The summed E-state index contributed by atoms with van der Waals surface area (Å²) >= 11 is 0. The first-order chi connectivity index (χ1) is 14.4. The lowest BCUT2D eigenvalue weighted by Crippen LogP contribution is -2.46. The number of carbonyl (C=O) groups excluding carboxylic acids is 2. The molecule has 30 heavy (non-hydrogen) atoms. The van der Waals surface area contributed by atoms with Gasteiger partial charge < -0.3 is 0 Å². The summed E-state index contributed by atoms with van der Waals surface area (Å²) in [4.78, 5) is 34.8. The minimum atomic E-state index is -1.52. The molecule has 0 radical (unpaired) electrons. The maximum Gasteiger partial charge on any atom is 0.269 e. The molecule has 2 aromatic carbocycles. The first kappa shape index (κ1) is 21.5. The number of benzene rings is 2. The summed E-state index contributed by atoms with van der Waals surface area (Å²) in [6.07, 6.45) is 0. The Balaban J connectivity index is 2.26. The Labute approximate surface area is 171 Å². The number of nitro groups is 1. The molecule has 0 aromatic heterocycles. The van der Waals surface area contributed by atoms with Crippen molar-refractivity contribution in [1.82, 2.24) is 10.9 Å². The number of amides is 2. The summed E-state index contributed by atoms with van der Waals surface area (Å²) in [6.45, 7) is 0. The highest BCUT2D eigenvalue weighted by atomic mass is 16.6. The Morgan fingerprint density at radius 2 is 1.50 bits per heavy atom. The average Bonchev–Trinajstić information content (AvgIpc) is 2.78. The predicted molar refractivity (Wildman–Crippen MR) is 102 cm³/mol. The third-order valence-electron chi connectivity index (χ3n) is 4.24. The van der Waals surface area contributed by atoms with Gasteiger partial charge in [-0.2, -0.15) is 15.8 Å². The van der Waals surface area contributed by atoms with Gasteiger partial charge in [-0.1, -0.05) is 30.3 Å². The molecule has 0 aliphatic rings. The molecular formula is C20H14N6O4. The monoisotopic (exact) mass is 402 g/mol. The van der Waals surface area contributed by atoms with Gasteiger partial charge in [-0.3, -0.25) is 30.6 Å². The van der Waals surface area contributed by atoms with Crippen molar-refractivity contribution in [2.24, 2.45) is 11.8 Å². The number of nitrogens with one attached hydrogen (secondary N) is 2. The Hall–Kier alpha value is -4.75. The number of hydrogen-bond acceptors (Lipinski definition) is 7. The number of nitriles is 3. The van der Waals surface area contributed by atoms with Crippen molar-refractivity contribution in [2.75, 3.05) is 0 Å². The van der Waals surface area contributed by atoms with E-state index in [1.807, 2.05) is 0 Å². The molecule has 2 unspecified atom stereocenters. The number of nitro benzene ring substituents is 1. The van der Waals surface area contributed by atoms with E-state index in [-0.39, 0.29) is 16.8 Å². The van der Waals surface area contributed by atoms with Gasteiger partial charge in [-0.15, -0.1) is 0 Å². The smallest absolute Gasteiger partial charge is 0.269 e. The third-order valence-corrected chi connectivity index (χ3v) is 4.24. The van der Waals surface area contributed by atoms with Gasteiger partial charge >= 0.3 is 0 Å². The lowest BCUT2D eigenvalue weighted by molar-refractivity contribution is -0.384. The van der Waals surface area contributed by atoms with Gasteiger partial charge in [0.05, 0.1) is 23.1 Å². The van der Waals surface area contributed by atoms with Crippen LogP contribution in [-0.4, -0.2) is 16.7 Å². The minimum absolute atomic E-state index is 0.226. The zero-order chi connectivity index (χ0) is 22.1. The highest BCUT2D eigenvalue weighted by Gasteiger charge is 2.37. The van der Waals surface area contributed by atoms with E-state index >= 15 is 0 Å². The molecular weight excluding hydrogens is 388 g/mol. The Morgan fingerprint density at radius 3 is 2.00 bits per heavy atom. The van der Waals surface area contributed by atoms with E-state index in [1.165, 1.54) is 24.3 Å². The zero-order valence-corrected chi connectivity index (χ0v) is 15.4. The van der Waals surface area contributed by atoms with Crippen molar-refractivity contribution in [3.63, 3.8) is 0 Å². The van der Waals surface area contributed by atoms with E-state index < -0.39 is 34.5 Å². The predicted octanol–water partition coefficient (Wildman–Crippen LogP) is 1.94. The molecule has 2 rings (SSSR count). The van der Waals surface area contributed by atoms with Crippen molar-refractivity contribution in [3.8, 4) is 18.2 Å². The fourth-order valence-corrected chi connectivity index (χ4v) is 2.74. The summed E-state index contributed by atoms with van der Waals surface area (Å²) in [5, 5.41) is 39.0. The van der Waals surface area contributed by atoms with Crippen LogP contribution in [0.15, 0.2) is 54.6 Å². The summed E-state index contributed by atoms with van der Waals surface area (Å²) < 4.78 is 0. The van der Waals surface area contributed by atoms with Gasteiger partial charge in [-0.25, -0.2) is 0 Å². The van der Waals surface area contributed by atoms with Crippen molar-refractivity contribution in [2.45, 2.75) is 5.92 Å². The number of nitrogens with zero attached hydrogens (tertiary/aromatic N) is 4. The van der Waals surface area contributed by atoms with Gasteiger partial charge in [-0.05, 0) is 17.7 Å². The van der Waals surface area contributed by atoms with E-state index in [0.717, 1.165) is 12.1 Å². The summed E-state index contributed by atoms with van der Waals surface area (Å²) in [5.74, 6) is -5.65. The second-order valence-corrected chi connectivity index (χ2v) is 6.03. The van der Waals surface area contributed by atoms with E-state index in [2.05, 4.69) is 10.9 Å². The molecule has 2 amide bonds. The van der Waals surface area contributed by atoms with Crippen LogP contribution < -0.4 is 10.9 Å². The van der Waals surface area contributed by atoms with Crippen LogP contribution in [0.4, 0.5) is 5.69 Å². The first-order valence-corrected chi connectivity index (χ1v) is 8.51. The number of non-ortho nitro benzene ring substituents is 1. The van der Waals surface area contributed by atoms with Crippen LogP contribution in [0.2, 0.25) is 0 Å². The van der Waals surface area contributed by atoms with Crippen LogP contribution in [-0.2, 0) is 4.79 Å². The highest BCUT2D eigenvalue weighted by molar-refractivity contribution is 5.95. The quantitative estimate of drug-likeness (QED) is 0.548. The van der Waals surface area contributed by atoms with E-state index in [4.69, 9.17) is 0 Å². The molecule has 0 saturated carbocycles. The first-order valence-electron chi connectivity index (χ1n) is 8.51. The topological polar surface area (TPSA) is 173 Å². The Bertz CT molecular complexity index is 1050. The van der Waals surface area contributed by atoms with Crippen molar-refractivity contribution in [1.29, 1.82) is 15.8 Å². The fourth-order valence-electron chi connectivity index (χ4n) is 2.74. The lowest BCUT2D eigenvalue weighted by Gasteiger charge is -2.22. The van der Waals surface area contributed by atoms with Crippen LogP contribution in [0.5, 0.6) is 0 Å². The molecule has 10 nitrogen and oxygen atoms in total. The fraction of sp³-hybridized carbons (Fsp3) is 0.150. The molecule has 0 bridgehead atoms. The minimum Gasteiger partial charge on any atom is -0.272 e. The second-order valence-electron chi connectivity index (χ2n) is 6.03. The molecule has 10 heteroatoms. The normalized spacial score (nSPS) is 11.8. The highest BCUT2D eigenvalue weighted by Crippen LogP contribution is 2.33. The Morgan fingerprint density at radius 1 is 0.900 bits per heavy atom. The number of hydrazine groups is 1. The van der Waals surface area contributed by atoms with Gasteiger partial charge in [0, 0.05) is 23.6 Å². The number of hydrogen-bond donors (Lipinski definition) is 2. The van der Waals surface area contributed by atoms with E-state index in [9.17, 15) is 35.5 Å². The molecule has 0 heterocycles. The maximum absolute atomic E-state index is 12.6. The standard InChI is InChI=1S/C20H14N6O4/c21-10-15(11-22)18(13-6-8-16(9-7-13)26(29)30)17(12-23)20(28)25-24-19(27)14-4-2-1-3-5-14/h1-9,15,17-18H,(H,24,27)(H,25,28). The van der Waals surface area contributed by atoms with Crippen molar-refractivity contribution >= 4 is 17.5 Å². The molecule has 148 valence electrons. The van der Waals surface area contributed by atoms with Gasteiger partial charge in [0.2, 0.25) is 0 Å². The maximum atomic E-state index is 12.6. The third kappa shape index (κ3) is 4.94. The van der Waals surface area contributed by atoms with Crippen molar-refractivity contribution < 1.29 is 14.5 Å². The van der Waals surface area contributed by atoms with Crippen LogP contribution in [0.25, 0.3) is 0 Å². The SMILES string of the molecule is N#CC(C#N)C(c1ccc([N+](=O)[O-])cc1)C(C#N)C(=O)NNC(=O)c1ccccc1.